The Hall–Kier alpha value is -1.04. The van der Waals surface area contributed by atoms with Gasteiger partial charge in [-0.1, -0.05) is 42.1 Å². The van der Waals surface area contributed by atoms with Crippen LogP contribution in [-0.2, 0) is 0 Å². The molecule has 0 N–H and O–H groups in total. The average molecular weight is 308 g/mol. The standard InChI is InChI=1S/C14H16F4OS/c15-10-12(16)14(17,18)8-4-5-9-20-13(19)11-6-2-1-3-7-11/h1-3,6-7,12H,4-5,8-10H2. The molecule has 0 spiro atoms. The highest BCUT2D eigenvalue weighted by Gasteiger charge is 2.39. The lowest BCUT2D eigenvalue weighted by Gasteiger charge is -2.17. The number of hydrogen-bond donors (Lipinski definition) is 0. The quantitative estimate of drug-likeness (QED) is 0.512. The summed E-state index contributed by atoms with van der Waals surface area (Å²) in [5.41, 5.74) is 0.559. The Kier molecular flexibility index (Phi) is 7.05. The van der Waals surface area contributed by atoms with Crippen molar-refractivity contribution in [2.75, 3.05) is 12.4 Å². The number of benzene rings is 1. The molecule has 1 rings (SSSR count). The molecule has 0 fully saturated rings. The van der Waals surface area contributed by atoms with Crippen LogP contribution in [0.5, 0.6) is 0 Å². The van der Waals surface area contributed by atoms with E-state index in [1.165, 1.54) is 0 Å². The minimum absolute atomic E-state index is 0.0580. The van der Waals surface area contributed by atoms with Gasteiger partial charge in [0.2, 0.25) is 5.12 Å². The zero-order valence-electron chi connectivity index (χ0n) is 10.8. The lowest BCUT2D eigenvalue weighted by molar-refractivity contribution is -0.0861. The third-order valence-electron chi connectivity index (χ3n) is 2.74. The third kappa shape index (κ3) is 5.53. The van der Waals surface area contributed by atoms with Crippen LogP contribution in [-0.4, -0.2) is 29.6 Å². The Balaban J connectivity index is 2.21. The molecule has 1 aromatic carbocycles. The molecule has 112 valence electrons. The third-order valence-corrected chi connectivity index (χ3v) is 3.73. The van der Waals surface area contributed by atoms with Crippen LogP contribution in [0.15, 0.2) is 30.3 Å². The summed E-state index contributed by atoms with van der Waals surface area (Å²) in [5, 5.41) is -0.121. The molecule has 0 radical (unpaired) electrons. The van der Waals surface area contributed by atoms with Gasteiger partial charge in [0.15, 0.2) is 6.17 Å². The van der Waals surface area contributed by atoms with Gasteiger partial charge in [-0.25, -0.2) is 17.6 Å². The Bertz CT molecular complexity index is 411. The summed E-state index contributed by atoms with van der Waals surface area (Å²) in [7, 11) is 0. The molecule has 0 aliphatic heterocycles. The predicted molar refractivity (Wildman–Crippen MR) is 72.9 cm³/mol. The van der Waals surface area contributed by atoms with Crippen molar-refractivity contribution in [1.82, 2.24) is 0 Å². The fraction of sp³-hybridized carbons (Fsp3) is 0.500. The van der Waals surface area contributed by atoms with E-state index in [0.717, 1.165) is 11.8 Å². The first kappa shape index (κ1) is 17.0. The van der Waals surface area contributed by atoms with Gasteiger partial charge in [-0.3, -0.25) is 4.79 Å². The monoisotopic (exact) mass is 308 g/mol. The molecule has 0 saturated carbocycles. The van der Waals surface area contributed by atoms with Crippen LogP contribution >= 0.6 is 11.8 Å². The molecule has 1 nitrogen and oxygen atoms in total. The minimum atomic E-state index is -3.62. The van der Waals surface area contributed by atoms with Gasteiger partial charge in [0.1, 0.15) is 6.67 Å². The molecule has 1 aromatic rings. The van der Waals surface area contributed by atoms with Crippen molar-refractivity contribution in [1.29, 1.82) is 0 Å². The molecule has 0 saturated heterocycles. The number of hydrogen-bond acceptors (Lipinski definition) is 2. The molecule has 0 bridgehead atoms. The minimum Gasteiger partial charge on any atom is -0.282 e. The largest absolute Gasteiger partial charge is 0.282 e. The van der Waals surface area contributed by atoms with Gasteiger partial charge in [-0.15, -0.1) is 0 Å². The Morgan fingerprint density at radius 1 is 1.20 bits per heavy atom. The van der Waals surface area contributed by atoms with Crippen molar-refractivity contribution in [3.8, 4) is 0 Å². The zero-order chi connectivity index (χ0) is 15.0. The SMILES string of the molecule is O=C(SCCCCC(F)(F)C(F)CF)c1ccccc1. The average Bonchev–Trinajstić information content (AvgIpc) is 2.46. The van der Waals surface area contributed by atoms with Crippen molar-refractivity contribution in [2.45, 2.75) is 31.4 Å². The summed E-state index contributed by atoms with van der Waals surface area (Å²) in [6.45, 7) is -1.67. The summed E-state index contributed by atoms with van der Waals surface area (Å²) in [6, 6.07) is 8.64. The summed E-state index contributed by atoms with van der Waals surface area (Å²) in [4.78, 5) is 11.7. The second kappa shape index (κ2) is 8.29. The van der Waals surface area contributed by atoms with Crippen LogP contribution < -0.4 is 0 Å². The normalized spacial score (nSPS) is 13.2. The highest BCUT2D eigenvalue weighted by atomic mass is 32.2. The van der Waals surface area contributed by atoms with Crippen molar-refractivity contribution < 1.29 is 22.4 Å². The number of rotatable bonds is 8. The topological polar surface area (TPSA) is 17.1 Å². The van der Waals surface area contributed by atoms with E-state index in [1.807, 2.05) is 0 Å². The predicted octanol–water partition coefficient (Wildman–Crippen LogP) is 4.67. The van der Waals surface area contributed by atoms with E-state index in [2.05, 4.69) is 0 Å². The summed E-state index contributed by atoms with van der Waals surface area (Å²) in [6.07, 6.45) is -3.01. The smallest absolute Gasteiger partial charge is 0.281 e. The van der Waals surface area contributed by atoms with Gasteiger partial charge in [-0.05, 0) is 12.8 Å². The number of alkyl halides is 4. The summed E-state index contributed by atoms with van der Waals surface area (Å²) in [5.74, 6) is -3.24. The molecule has 0 amide bonds. The van der Waals surface area contributed by atoms with E-state index in [9.17, 15) is 22.4 Å². The molecular weight excluding hydrogens is 292 g/mol. The molecule has 0 heterocycles. The lowest BCUT2D eigenvalue weighted by Crippen LogP contribution is -2.31. The fourth-order valence-corrected chi connectivity index (χ4v) is 2.39. The van der Waals surface area contributed by atoms with Crippen LogP contribution in [0.3, 0.4) is 0 Å². The van der Waals surface area contributed by atoms with Gasteiger partial charge in [0.05, 0.1) is 0 Å². The fourth-order valence-electron chi connectivity index (χ4n) is 1.55. The van der Waals surface area contributed by atoms with Crippen molar-refractivity contribution in [2.24, 2.45) is 0 Å². The molecule has 20 heavy (non-hydrogen) atoms. The molecule has 0 aliphatic rings. The molecule has 0 aromatic heterocycles. The highest BCUT2D eigenvalue weighted by Crippen LogP contribution is 2.28. The first-order valence-electron chi connectivity index (χ1n) is 6.27. The number of unbranched alkanes of at least 4 members (excludes halogenated alkanes) is 1. The van der Waals surface area contributed by atoms with Crippen molar-refractivity contribution >= 4 is 16.9 Å². The van der Waals surface area contributed by atoms with Gasteiger partial charge >= 0.3 is 0 Å². The number of carbonyl (C=O) groups excluding carboxylic acids is 1. The second-order valence-electron chi connectivity index (χ2n) is 4.34. The van der Waals surface area contributed by atoms with E-state index in [0.29, 0.717) is 17.7 Å². The summed E-state index contributed by atoms with van der Waals surface area (Å²) >= 11 is 1.04. The maximum atomic E-state index is 13.0. The van der Waals surface area contributed by atoms with Gasteiger partial charge in [0.25, 0.3) is 5.92 Å². The lowest BCUT2D eigenvalue weighted by atomic mass is 10.1. The van der Waals surface area contributed by atoms with Gasteiger partial charge in [-0.2, -0.15) is 0 Å². The van der Waals surface area contributed by atoms with Crippen LogP contribution in [0.1, 0.15) is 29.6 Å². The Morgan fingerprint density at radius 2 is 1.85 bits per heavy atom. The van der Waals surface area contributed by atoms with Crippen LogP contribution in [0.25, 0.3) is 0 Å². The van der Waals surface area contributed by atoms with Crippen LogP contribution in [0.2, 0.25) is 0 Å². The van der Waals surface area contributed by atoms with Crippen LogP contribution in [0, 0.1) is 0 Å². The van der Waals surface area contributed by atoms with E-state index < -0.39 is 25.2 Å². The molecule has 6 heteroatoms. The maximum Gasteiger partial charge on any atom is 0.281 e. The van der Waals surface area contributed by atoms with Crippen molar-refractivity contribution in [3.05, 3.63) is 35.9 Å². The molecule has 1 atom stereocenters. The van der Waals surface area contributed by atoms with Crippen molar-refractivity contribution in [3.63, 3.8) is 0 Å². The van der Waals surface area contributed by atoms with E-state index in [4.69, 9.17) is 0 Å². The Morgan fingerprint density at radius 3 is 2.45 bits per heavy atom. The number of thioether (sulfide) groups is 1. The highest BCUT2D eigenvalue weighted by molar-refractivity contribution is 8.14. The first-order valence-corrected chi connectivity index (χ1v) is 7.26. The first-order chi connectivity index (χ1) is 9.47. The molecular formula is C14H16F4OS. The van der Waals surface area contributed by atoms with Gasteiger partial charge < -0.3 is 0 Å². The Labute approximate surface area is 119 Å². The van der Waals surface area contributed by atoms with E-state index in [1.54, 1.807) is 30.3 Å². The van der Waals surface area contributed by atoms with E-state index >= 15 is 0 Å². The van der Waals surface area contributed by atoms with Crippen LogP contribution in [0.4, 0.5) is 17.6 Å². The second-order valence-corrected chi connectivity index (χ2v) is 5.41. The number of carbonyl (C=O) groups is 1. The maximum absolute atomic E-state index is 13.0. The van der Waals surface area contributed by atoms with E-state index in [-0.39, 0.29) is 11.5 Å². The van der Waals surface area contributed by atoms with Gasteiger partial charge in [0, 0.05) is 17.7 Å². The number of halogens is 4. The zero-order valence-corrected chi connectivity index (χ0v) is 11.6. The molecule has 1 unspecified atom stereocenters. The summed E-state index contributed by atoms with van der Waals surface area (Å²) < 4.78 is 50.4. The molecule has 0 aliphatic carbocycles.